The summed E-state index contributed by atoms with van der Waals surface area (Å²) in [5.74, 6) is -0.479. The molecule has 0 amide bonds. The Balaban J connectivity index is 2.54. The summed E-state index contributed by atoms with van der Waals surface area (Å²) < 4.78 is 7.26. The number of hydrogen-bond donors (Lipinski definition) is 2. The zero-order valence-corrected chi connectivity index (χ0v) is 15.1. The molecule has 1 aromatic carbocycles. The van der Waals surface area contributed by atoms with Crippen LogP contribution in [0.3, 0.4) is 0 Å². The van der Waals surface area contributed by atoms with Gasteiger partial charge in [-0.2, -0.15) is 5.10 Å². The number of carbonyl (C=O) groups is 1. The molecule has 1 heterocycles. The Bertz CT molecular complexity index is 860. The first-order valence-electron chi connectivity index (χ1n) is 8.20. The van der Waals surface area contributed by atoms with Crippen LogP contribution < -0.4 is 11.5 Å². The Morgan fingerprint density at radius 1 is 1.19 bits per heavy atom. The van der Waals surface area contributed by atoms with Gasteiger partial charge in [-0.3, -0.25) is 0 Å². The number of aromatic nitrogens is 1. The highest BCUT2D eigenvalue weighted by molar-refractivity contribution is 5.97. The van der Waals surface area contributed by atoms with Crippen molar-refractivity contribution in [1.29, 1.82) is 0 Å². The van der Waals surface area contributed by atoms with E-state index in [4.69, 9.17) is 16.2 Å². The van der Waals surface area contributed by atoms with Gasteiger partial charge in [0, 0.05) is 28.9 Å². The van der Waals surface area contributed by atoms with Gasteiger partial charge in [-0.15, -0.1) is 5.10 Å². The number of hydrogen-bond acceptors (Lipinski definition) is 4. The summed E-state index contributed by atoms with van der Waals surface area (Å²) in [6, 6.07) is 9.83. The average Bonchev–Trinajstić information content (AvgIpc) is 2.85. The summed E-state index contributed by atoms with van der Waals surface area (Å²) in [5.41, 5.74) is 14.4. The molecule has 7 heteroatoms. The second-order valence-electron chi connectivity index (χ2n) is 5.50. The standard InChI is InChI=1S/C19H23N5O2/c1-4-26-18(25)17-14(3)24(15-9-6-5-7-10-15)13(2)16(17)11-8-12-22-23-19(20)21/h5-12H,4H2,1-3H3,(H4,20,21,23)/b11-8+,22-12-. The minimum absolute atomic E-state index is 0.121. The molecule has 0 atom stereocenters. The van der Waals surface area contributed by atoms with Crippen molar-refractivity contribution in [1.82, 2.24) is 4.57 Å². The van der Waals surface area contributed by atoms with Gasteiger partial charge in [0.05, 0.1) is 12.2 Å². The summed E-state index contributed by atoms with van der Waals surface area (Å²) in [6.45, 7) is 5.95. The molecule has 2 rings (SSSR count). The Hall–Kier alpha value is -3.35. The number of ether oxygens (including phenoxy) is 1. The maximum atomic E-state index is 12.5. The number of guanidine groups is 1. The van der Waals surface area contributed by atoms with Crippen LogP contribution in [-0.4, -0.2) is 29.3 Å². The molecule has 2 aromatic rings. The quantitative estimate of drug-likeness (QED) is 0.360. The average molecular weight is 353 g/mol. The fourth-order valence-electron chi connectivity index (χ4n) is 2.77. The van der Waals surface area contributed by atoms with Crippen molar-refractivity contribution in [3.05, 3.63) is 58.9 Å². The van der Waals surface area contributed by atoms with Crippen molar-refractivity contribution in [2.45, 2.75) is 20.8 Å². The summed E-state index contributed by atoms with van der Waals surface area (Å²) in [5, 5.41) is 7.25. The Morgan fingerprint density at radius 3 is 2.50 bits per heavy atom. The van der Waals surface area contributed by atoms with Gasteiger partial charge in [0.2, 0.25) is 5.96 Å². The SMILES string of the molecule is CCOC(=O)c1c(/C=C/C=N\N=C(N)N)c(C)n(-c2ccccc2)c1C. The van der Waals surface area contributed by atoms with E-state index in [9.17, 15) is 4.79 Å². The highest BCUT2D eigenvalue weighted by Gasteiger charge is 2.23. The molecule has 0 spiro atoms. The lowest BCUT2D eigenvalue weighted by molar-refractivity contribution is 0.0525. The van der Waals surface area contributed by atoms with Gasteiger partial charge in [0.15, 0.2) is 0 Å². The molecule has 0 aliphatic carbocycles. The van der Waals surface area contributed by atoms with Crippen molar-refractivity contribution in [3.8, 4) is 5.69 Å². The molecule has 136 valence electrons. The normalized spacial score (nSPS) is 11.2. The molecular formula is C19H23N5O2. The van der Waals surface area contributed by atoms with Gasteiger partial charge in [-0.05, 0) is 39.0 Å². The lowest BCUT2D eigenvalue weighted by atomic mass is 10.1. The molecule has 26 heavy (non-hydrogen) atoms. The maximum absolute atomic E-state index is 12.5. The van der Waals surface area contributed by atoms with Gasteiger partial charge in [0.25, 0.3) is 0 Å². The van der Waals surface area contributed by atoms with Crippen LogP contribution in [0.15, 0.2) is 46.6 Å². The molecule has 0 saturated carbocycles. The van der Waals surface area contributed by atoms with Gasteiger partial charge in [0.1, 0.15) is 0 Å². The molecule has 0 fully saturated rings. The van der Waals surface area contributed by atoms with Crippen LogP contribution in [0.2, 0.25) is 0 Å². The van der Waals surface area contributed by atoms with E-state index in [0.717, 1.165) is 22.6 Å². The Labute approximate surface area is 152 Å². The largest absolute Gasteiger partial charge is 0.462 e. The maximum Gasteiger partial charge on any atom is 0.340 e. The molecule has 0 unspecified atom stereocenters. The Kier molecular flexibility index (Phi) is 6.32. The summed E-state index contributed by atoms with van der Waals surface area (Å²) >= 11 is 0. The fourth-order valence-corrected chi connectivity index (χ4v) is 2.77. The first-order valence-corrected chi connectivity index (χ1v) is 8.20. The van der Waals surface area contributed by atoms with Crippen molar-refractivity contribution in [2.75, 3.05) is 6.61 Å². The van der Waals surface area contributed by atoms with Crippen LogP contribution in [0.4, 0.5) is 0 Å². The zero-order chi connectivity index (χ0) is 19.1. The first-order chi connectivity index (χ1) is 12.5. The van der Waals surface area contributed by atoms with Gasteiger partial charge in [-0.25, -0.2) is 4.79 Å². The van der Waals surface area contributed by atoms with Gasteiger partial charge in [-0.1, -0.05) is 24.3 Å². The molecule has 0 aliphatic rings. The summed E-state index contributed by atoms with van der Waals surface area (Å²) in [4.78, 5) is 12.5. The lowest BCUT2D eigenvalue weighted by Crippen LogP contribution is -2.21. The molecule has 1 aromatic heterocycles. The highest BCUT2D eigenvalue weighted by Crippen LogP contribution is 2.28. The number of para-hydroxylation sites is 1. The Morgan fingerprint density at radius 2 is 1.88 bits per heavy atom. The third-order valence-corrected chi connectivity index (χ3v) is 3.77. The number of esters is 1. The van der Waals surface area contributed by atoms with Crippen LogP contribution in [0.1, 0.15) is 34.2 Å². The van der Waals surface area contributed by atoms with Crippen molar-refractivity contribution in [2.24, 2.45) is 21.7 Å². The molecule has 0 bridgehead atoms. The van der Waals surface area contributed by atoms with E-state index < -0.39 is 0 Å². The molecule has 0 radical (unpaired) electrons. The topological polar surface area (TPSA) is 108 Å². The van der Waals surface area contributed by atoms with Crippen LogP contribution in [-0.2, 0) is 4.74 Å². The molecular weight excluding hydrogens is 330 g/mol. The third kappa shape index (κ3) is 4.18. The number of carbonyl (C=O) groups excluding carboxylic acids is 1. The molecule has 7 nitrogen and oxygen atoms in total. The van der Waals surface area contributed by atoms with Crippen LogP contribution in [0.25, 0.3) is 11.8 Å². The number of nitrogens with two attached hydrogens (primary N) is 2. The fraction of sp³-hybridized carbons (Fsp3) is 0.211. The van der Waals surface area contributed by atoms with Gasteiger partial charge < -0.3 is 20.8 Å². The lowest BCUT2D eigenvalue weighted by Gasteiger charge is -2.09. The minimum Gasteiger partial charge on any atom is -0.462 e. The van der Waals surface area contributed by atoms with E-state index in [1.54, 1.807) is 19.1 Å². The van der Waals surface area contributed by atoms with E-state index in [1.807, 2.05) is 48.7 Å². The van der Waals surface area contributed by atoms with Crippen molar-refractivity contribution >= 4 is 24.2 Å². The van der Waals surface area contributed by atoms with Crippen molar-refractivity contribution < 1.29 is 9.53 Å². The smallest absolute Gasteiger partial charge is 0.340 e. The monoisotopic (exact) mass is 353 g/mol. The van der Waals surface area contributed by atoms with Crippen LogP contribution >= 0.6 is 0 Å². The number of benzene rings is 1. The van der Waals surface area contributed by atoms with E-state index in [-0.39, 0.29) is 11.9 Å². The summed E-state index contributed by atoms with van der Waals surface area (Å²) in [7, 11) is 0. The minimum atomic E-state index is -0.358. The van der Waals surface area contributed by atoms with E-state index in [0.29, 0.717) is 12.2 Å². The molecule has 0 saturated heterocycles. The number of rotatable bonds is 6. The second kappa shape index (κ2) is 8.66. The van der Waals surface area contributed by atoms with Crippen LogP contribution in [0.5, 0.6) is 0 Å². The highest BCUT2D eigenvalue weighted by atomic mass is 16.5. The number of allylic oxidation sites excluding steroid dienone is 1. The van der Waals surface area contributed by atoms with Gasteiger partial charge >= 0.3 is 5.97 Å². The predicted octanol–water partition coefficient (Wildman–Crippen LogP) is 2.54. The zero-order valence-electron chi connectivity index (χ0n) is 15.1. The third-order valence-electron chi connectivity index (χ3n) is 3.77. The predicted molar refractivity (Wildman–Crippen MR) is 105 cm³/mol. The van der Waals surface area contributed by atoms with E-state index in [2.05, 4.69) is 10.2 Å². The molecule has 4 N–H and O–H groups in total. The van der Waals surface area contributed by atoms with E-state index in [1.165, 1.54) is 6.21 Å². The second-order valence-corrected chi connectivity index (χ2v) is 5.50. The number of nitrogens with zero attached hydrogens (tertiary/aromatic N) is 3. The summed E-state index contributed by atoms with van der Waals surface area (Å²) in [6.07, 6.45) is 4.91. The first kappa shape index (κ1) is 19.0. The van der Waals surface area contributed by atoms with Crippen LogP contribution in [0, 0.1) is 13.8 Å². The molecule has 0 aliphatic heterocycles. The van der Waals surface area contributed by atoms with E-state index >= 15 is 0 Å². The van der Waals surface area contributed by atoms with Crippen molar-refractivity contribution in [3.63, 3.8) is 0 Å².